The van der Waals surface area contributed by atoms with Crippen LogP contribution < -0.4 is 30.5 Å². The van der Waals surface area contributed by atoms with Gasteiger partial charge in [-0.2, -0.15) is 0 Å². The van der Waals surface area contributed by atoms with E-state index < -0.39 is 0 Å². The molecule has 0 rings (SSSR count). The van der Waals surface area contributed by atoms with Gasteiger partial charge in [-0.05, 0) is 0 Å². The molecule has 0 bridgehead atoms. The zero-order valence-electron chi connectivity index (χ0n) is 2.91. The molecular formula is CH4Cl2N2Pb. The molecule has 2 nitrogen and oxygen atoms in total. The smallest absolute Gasteiger partial charge is 1.00 e. The van der Waals surface area contributed by atoms with Crippen LogP contribution in [0.3, 0.4) is 0 Å². The molecule has 0 heterocycles. The van der Waals surface area contributed by atoms with Crippen LogP contribution in [0.25, 0.3) is 0 Å². The van der Waals surface area contributed by atoms with Crippen LogP contribution in [0, 0.1) is 5.41 Å². The molecule has 0 unspecified atom stereocenters. The van der Waals surface area contributed by atoms with Gasteiger partial charge in [-0.1, -0.05) is 0 Å². The summed E-state index contributed by atoms with van der Waals surface area (Å²) < 4.78 is 0. The van der Waals surface area contributed by atoms with Crippen LogP contribution in [-0.4, -0.2) is 33.6 Å². The van der Waals surface area contributed by atoms with Crippen molar-refractivity contribution in [1.82, 2.24) is 0 Å². The quantitative estimate of drug-likeness (QED) is 0.260. The van der Waals surface area contributed by atoms with Crippen molar-refractivity contribution in [3.8, 4) is 0 Å². The van der Waals surface area contributed by atoms with Gasteiger partial charge < -0.3 is 30.5 Å². The first-order chi connectivity index (χ1) is 1.41. The van der Waals surface area contributed by atoms with Crippen LogP contribution in [0.5, 0.6) is 0 Å². The van der Waals surface area contributed by atoms with Crippen LogP contribution in [-0.2, 0) is 0 Å². The van der Waals surface area contributed by atoms with E-state index in [1.54, 1.807) is 0 Å². The molecule has 6 heavy (non-hydrogen) atoms. The third kappa shape index (κ3) is 83.0. The van der Waals surface area contributed by atoms with Crippen LogP contribution >= 0.6 is 0 Å². The van der Waals surface area contributed by atoms with E-state index in [0.717, 1.165) is 6.34 Å². The molecule has 2 radical (unpaired) electrons. The molecule has 3 N–H and O–H groups in total. The molecule has 0 atom stereocenters. The van der Waals surface area contributed by atoms with Crippen molar-refractivity contribution in [1.29, 1.82) is 5.41 Å². The normalized spacial score (nSPS) is 2.00. The second-order valence-electron chi connectivity index (χ2n) is 0.167. The Kier molecular flexibility index (Phi) is 178. The summed E-state index contributed by atoms with van der Waals surface area (Å²) in [4.78, 5) is 0. The fourth-order valence-electron chi connectivity index (χ4n) is 0. The minimum absolute atomic E-state index is 0. The molecule has 0 spiro atoms. The van der Waals surface area contributed by atoms with E-state index in [9.17, 15) is 0 Å². The average Bonchev–Trinajstić information content (AvgIpc) is 0.918. The fraction of sp³-hybridized carbons (Fsp3) is 0. The van der Waals surface area contributed by atoms with Crippen molar-refractivity contribution in [3.05, 3.63) is 0 Å². The molecule has 0 aliphatic rings. The minimum atomic E-state index is 0. The second-order valence-corrected chi connectivity index (χ2v) is 0.167. The standard InChI is InChI=1S/CH4N2.2ClH.Pb/c2-1-3;;;/h1H,(H3,2,3);2*1H;/q;;;+2/p-2. The molecule has 0 aromatic heterocycles. The van der Waals surface area contributed by atoms with E-state index in [1.165, 1.54) is 0 Å². The molecule has 36 valence electrons. The Labute approximate surface area is 69.4 Å². The van der Waals surface area contributed by atoms with E-state index in [-0.39, 0.29) is 52.1 Å². The van der Waals surface area contributed by atoms with Gasteiger partial charge in [0.1, 0.15) is 0 Å². The Bertz CT molecular complexity index is 19.0. The van der Waals surface area contributed by atoms with Gasteiger partial charge in [0.25, 0.3) is 0 Å². The van der Waals surface area contributed by atoms with Crippen LogP contribution in [0.4, 0.5) is 0 Å². The van der Waals surface area contributed by atoms with Crippen LogP contribution in [0.2, 0.25) is 0 Å². The summed E-state index contributed by atoms with van der Waals surface area (Å²) in [5, 5.41) is 5.86. The molecule has 5 heteroatoms. The molecule has 0 amide bonds. The van der Waals surface area contributed by atoms with Crippen molar-refractivity contribution < 1.29 is 24.8 Å². The minimum Gasteiger partial charge on any atom is -1.00 e. The predicted molar refractivity (Wildman–Crippen MR) is 18.7 cm³/mol. The van der Waals surface area contributed by atoms with Crippen molar-refractivity contribution in [2.45, 2.75) is 0 Å². The maximum Gasteiger partial charge on any atom is 2.00 e. The fourth-order valence-corrected chi connectivity index (χ4v) is 0. The monoisotopic (exact) mass is 322 g/mol. The van der Waals surface area contributed by atoms with Crippen molar-refractivity contribution in [3.63, 3.8) is 0 Å². The molecule has 0 aromatic rings. The van der Waals surface area contributed by atoms with E-state index >= 15 is 0 Å². The Morgan fingerprint density at radius 2 is 1.33 bits per heavy atom. The Balaban J connectivity index is -0.00000000667. The van der Waals surface area contributed by atoms with Gasteiger partial charge in [0.15, 0.2) is 0 Å². The van der Waals surface area contributed by atoms with Crippen LogP contribution in [0.1, 0.15) is 0 Å². The van der Waals surface area contributed by atoms with Gasteiger partial charge in [-0.15, -0.1) is 0 Å². The van der Waals surface area contributed by atoms with E-state index in [1.807, 2.05) is 0 Å². The molecule has 0 saturated carbocycles. The Morgan fingerprint density at radius 3 is 1.33 bits per heavy atom. The second kappa shape index (κ2) is 38.0. The Morgan fingerprint density at radius 1 is 1.33 bits per heavy atom. The first kappa shape index (κ1) is 28.2. The molecule has 0 aromatic carbocycles. The van der Waals surface area contributed by atoms with Crippen LogP contribution in [0.15, 0.2) is 0 Å². The zero-order chi connectivity index (χ0) is 2.71. The van der Waals surface area contributed by atoms with Gasteiger partial charge >= 0.3 is 27.3 Å². The molecule has 0 fully saturated rings. The number of nitrogens with one attached hydrogen (secondary N) is 1. The zero-order valence-corrected chi connectivity index (χ0v) is 8.31. The van der Waals surface area contributed by atoms with Gasteiger partial charge in [0, 0.05) is 0 Å². The van der Waals surface area contributed by atoms with Crippen molar-refractivity contribution in [2.24, 2.45) is 5.73 Å². The van der Waals surface area contributed by atoms with E-state index in [4.69, 9.17) is 5.41 Å². The van der Waals surface area contributed by atoms with Gasteiger partial charge in [0.2, 0.25) is 0 Å². The summed E-state index contributed by atoms with van der Waals surface area (Å²) >= 11 is 0. The summed E-state index contributed by atoms with van der Waals surface area (Å²) in [6.45, 7) is 0. The summed E-state index contributed by atoms with van der Waals surface area (Å²) in [6, 6.07) is 0. The van der Waals surface area contributed by atoms with Gasteiger partial charge in [-0.3, -0.25) is 5.41 Å². The first-order valence-electron chi connectivity index (χ1n) is 0.622. The molecule has 0 aliphatic heterocycles. The first-order valence-corrected chi connectivity index (χ1v) is 0.622. The molecule has 0 saturated heterocycles. The van der Waals surface area contributed by atoms with E-state index in [0.29, 0.717) is 0 Å². The average molecular weight is 322 g/mol. The maximum absolute atomic E-state index is 5.86. The van der Waals surface area contributed by atoms with E-state index in [2.05, 4.69) is 5.73 Å². The number of halogens is 2. The predicted octanol–water partition coefficient (Wildman–Crippen LogP) is -6.82. The topological polar surface area (TPSA) is 49.9 Å². The van der Waals surface area contributed by atoms with Crippen molar-refractivity contribution in [2.75, 3.05) is 0 Å². The number of hydrogen-bond acceptors (Lipinski definition) is 1. The summed E-state index contributed by atoms with van der Waals surface area (Å²) in [7, 11) is 0. The number of nitrogens with two attached hydrogens (primary N) is 1. The number of rotatable bonds is 0. The van der Waals surface area contributed by atoms with Gasteiger partial charge in [0.05, 0.1) is 6.34 Å². The van der Waals surface area contributed by atoms with Crippen molar-refractivity contribution >= 4 is 33.6 Å². The van der Waals surface area contributed by atoms with Gasteiger partial charge in [-0.25, -0.2) is 0 Å². The number of hydrogen-bond donors (Lipinski definition) is 2. The third-order valence-corrected chi connectivity index (χ3v) is 0. The summed E-state index contributed by atoms with van der Waals surface area (Å²) in [6.07, 6.45) is 0.750. The third-order valence-electron chi connectivity index (χ3n) is 0. The maximum atomic E-state index is 5.86. The largest absolute Gasteiger partial charge is 2.00 e. The summed E-state index contributed by atoms with van der Waals surface area (Å²) in [5.41, 5.74) is 4.39. The summed E-state index contributed by atoms with van der Waals surface area (Å²) in [5.74, 6) is 0. The molecular weight excluding hydrogens is 318 g/mol. The SMILES string of the molecule is N=CN.[Cl-].[Cl-].[Pb+2]. The Hall–Kier alpha value is 0.972. The molecule has 0 aliphatic carbocycles.